The molecule has 1 saturated heterocycles. The lowest BCUT2D eigenvalue weighted by Crippen LogP contribution is -2.50. The molecule has 3 amide bonds. The molecule has 1 fully saturated rings. The van der Waals surface area contributed by atoms with E-state index in [9.17, 15) is 28.9 Å². The quantitative estimate of drug-likeness (QED) is 0.318. The number of nitrogens with zero attached hydrogens (tertiary/aromatic N) is 3. The molecule has 0 bridgehead atoms. The van der Waals surface area contributed by atoms with E-state index in [1.165, 1.54) is 36.4 Å². The minimum Gasteiger partial charge on any atom is -0.272 e. The Hall–Kier alpha value is -3.88. The number of imide groups is 1. The van der Waals surface area contributed by atoms with E-state index >= 15 is 0 Å². The number of hydrogen-bond acceptors (Lipinski definition) is 5. The van der Waals surface area contributed by atoms with Crippen molar-refractivity contribution in [2.75, 3.05) is 0 Å². The lowest BCUT2D eigenvalue weighted by Gasteiger charge is -2.30. The van der Waals surface area contributed by atoms with E-state index in [1.807, 2.05) is 0 Å². The van der Waals surface area contributed by atoms with Gasteiger partial charge in [-0.3, -0.25) is 24.5 Å². The Balaban J connectivity index is 1.78. The molecule has 0 saturated carbocycles. The van der Waals surface area contributed by atoms with Crippen molar-refractivity contribution in [3.05, 3.63) is 87.7 Å². The van der Waals surface area contributed by atoms with Gasteiger partial charge in [0.25, 0.3) is 23.4 Å². The van der Waals surface area contributed by atoms with Gasteiger partial charge in [0.15, 0.2) is 0 Å². The minimum absolute atomic E-state index is 0.0723. The lowest BCUT2D eigenvalue weighted by molar-refractivity contribution is -0.385. The number of carbonyl (C=O) groups is 3. The molecule has 0 unspecified atom stereocenters. The highest BCUT2D eigenvalue weighted by atomic mass is 19.1. The van der Waals surface area contributed by atoms with Gasteiger partial charge in [0.05, 0.1) is 23.3 Å². The molecule has 0 aromatic heterocycles. The van der Waals surface area contributed by atoms with Crippen molar-refractivity contribution in [2.45, 2.75) is 19.4 Å². The summed E-state index contributed by atoms with van der Waals surface area (Å²) < 4.78 is 14.4. The molecular formula is C22H18FN3O5. The Labute approximate surface area is 176 Å². The van der Waals surface area contributed by atoms with Gasteiger partial charge in [-0.2, -0.15) is 5.01 Å². The number of fused-ring (bicyclic) bond motifs is 1. The molecule has 2 atom stereocenters. The molecule has 8 nitrogen and oxygen atoms in total. The first-order chi connectivity index (χ1) is 14.9. The molecule has 4 rings (SSSR count). The number of amides is 3. The Bertz CT molecular complexity index is 1090. The Morgan fingerprint density at radius 1 is 1.03 bits per heavy atom. The van der Waals surface area contributed by atoms with Gasteiger partial charge in [-0.25, -0.2) is 9.40 Å². The van der Waals surface area contributed by atoms with Crippen molar-refractivity contribution in [2.24, 2.45) is 11.8 Å². The highest BCUT2D eigenvalue weighted by Gasteiger charge is 2.51. The number of halogens is 1. The van der Waals surface area contributed by atoms with Crippen LogP contribution in [0.2, 0.25) is 0 Å². The highest BCUT2D eigenvalue weighted by molar-refractivity contribution is 6.08. The first-order valence-corrected chi connectivity index (χ1v) is 9.71. The zero-order valence-corrected chi connectivity index (χ0v) is 16.3. The molecule has 0 radical (unpaired) electrons. The number of allylic oxidation sites excluding steroid dienone is 2. The topological polar surface area (TPSA) is 101 Å². The van der Waals surface area contributed by atoms with Crippen molar-refractivity contribution in [3.63, 3.8) is 0 Å². The van der Waals surface area contributed by atoms with Gasteiger partial charge in [-0.15, -0.1) is 0 Å². The molecule has 2 aliphatic rings. The fraction of sp³-hybridized carbons (Fsp3) is 0.227. The van der Waals surface area contributed by atoms with Crippen molar-refractivity contribution < 1.29 is 23.7 Å². The highest BCUT2D eigenvalue weighted by Crippen LogP contribution is 2.37. The fourth-order valence-electron chi connectivity index (χ4n) is 3.99. The number of hydrogen-bond donors (Lipinski definition) is 0. The van der Waals surface area contributed by atoms with Crippen molar-refractivity contribution >= 4 is 23.4 Å². The van der Waals surface area contributed by atoms with Crippen LogP contribution >= 0.6 is 0 Å². The molecule has 2 aromatic rings. The van der Waals surface area contributed by atoms with Crippen LogP contribution in [0.4, 0.5) is 10.1 Å². The molecule has 31 heavy (non-hydrogen) atoms. The summed E-state index contributed by atoms with van der Waals surface area (Å²) in [6.07, 6.45) is 4.33. The predicted octanol–water partition coefficient (Wildman–Crippen LogP) is 3.24. The van der Waals surface area contributed by atoms with E-state index in [2.05, 4.69) is 0 Å². The van der Waals surface area contributed by atoms with Crippen LogP contribution in [-0.2, 0) is 16.1 Å². The summed E-state index contributed by atoms with van der Waals surface area (Å²) in [6.45, 7) is -0.429. The van der Waals surface area contributed by atoms with Crippen LogP contribution in [0.1, 0.15) is 28.8 Å². The van der Waals surface area contributed by atoms with Crippen LogP contribution in [0.5, 0.6) is 0 Å². The summed E-state index contributed by atoms with van der Waals surface area (Å²) in [5.74, 6) is -3.91. The second kappa shape index (κ2) is 8.10. The average Bonchev–Trinajstić information content (AvgIpc) is 3.03. The maximum absolute atomic E-state index is 14.4. The third-order valence-corrected chi connectivity index (χ3v) is 5.57. The summed E-state index contributed by atoms with van der Waals surface area (Å²) in [6, 6.07) is 10.9. The largest absolute Gasteiger partial charge is 0.282 e. The average molecular weight is 423 g/mol. The van der Waals surface area contributed by atoms with Crippen molar-refractivity contribution in [1.82, 2.24) is 10.0 Å². The van der Waals surface area contributed by atoms with Crippen LogP contribution in [0.15, 0.2) is 60.7 Å². The Morgan fingerprint density at radius 2 is 1.61 bits per heavy atom. The number of benzene rings is 2. The molecular weight excluding hydrogens is 405 g/mol. The van der Waals surface area contributed by atoms with Gasteiger partial charge in [0.2, 0.25) is 0 Å². The van der Waals surface area contributed by atoms with Gasteiger partial charge in [0, 0.05) is 11.6 Å². The number of carbonyl (C=O) groups excluding carboxylic acids is 3. The summed E-state index contributed by atoms with van der Waals surface area (Å²) in [5, 5.41) is 13.0. The number of rotatable bonds is 5. The zero-order chi connectivity index (χ0) is 22.1. The number of nitro groups is 1. The van der Waals surface area contributed by atoms with E-state index in [0.29, 0.717) is 12.8 Å². The smallest absolute Gasteiger partial charge is 0.272 e. The van der Waals surface area contributed by atoms with E-state index in [1.54, 1.807) is 18.2 Å². The molecule has 1 aliphatic carbocycles. The maximum atomic E-state index is 14.4. The molecule has 158 valence electrons. The third-order valence-electron chi connectivity index (χ3n) is 5.57. The van der Waals surface area contributed by atoms with Crippen LogP contribution in [-0.4, -0.2) is 32.7 Å². The normalized spacial score (nSPS) is 20.0. The van der Waals surface area contributed by atoms with Gasteiger partial charge < -0.3 is 0 Å². The van der Waals surface area contributed by atoms with E-state index < -0.39 is 52.5 Å². The third kappa shape index (κ3) is 3.58. The predicted molar refractivity (Wildman–Crippen MR) is 107 cm³/mol. The first-order valence-electron chi connectivity index (χ1n) is 9.71. The van der Waals surface area contributed by atoms with Crippen LogP contribution in [0.25, 0.3) is 0 Å². The number of para-hydroxylation sites is 1. The molecule has 2 aromatic carbocycles. The monoisotopic (exact) mass is 423 g/mol. The molecule has 1 aliphatic heterocycles. The second-order valence-corrected chi connectivity index (χ2v) is 7.37. The van der Waals surface area contributed by atoms with Gasteiger partial charge >= 0.3 is 0 Å². The Morgan fingerprint density at radius 3 is 2.23 bits per heavy atom. The Kier molecular flexibility index (Phi) is 5.33. The lowest BCUT2D eigenvalue weighted by atomic mass is 9.85. The van der Waals surface area contributed by atoms with E-state index in [-0.39, 0.29) is 11.1 Å². The molecule has 1 heterocycles. The van der Waals surface area contributed by atoms with Gasteiger partial charge in [-0.05, 0) is 25.0 Å². The van der Waals surface area contributed by atoms with Crippen molar-refractivity contribution in [3.8, 4) is 0 Å². The van der Waals surface area contributed by atoms with E-state index in [4.69, 9.17) is 0 Å². The fourth-order valence-corrected chi connectivity index (χ4v) is 3.99. The van der Waals surface area contributed by atoms with Crippen LogP contribution in [0.3, 0.4) is 0 Å². The number of hydrazine groups is 1. The number of nitro benzene ring substituents is 1. The summed E-state index contributed by atoms with van der Waals surface area (Å²) >= 11 is 0. The SMILES string of the molecule is O=C(c1ccccc1[N+](=O)[O-])N(Cc1ccccc1F)N1C(=O)[C@H]2CC=CC[C@H]2C1=O. The summed E-state index contributed by atoms with van der Waals surface area (Å²) in [5.41, 5.74) is -0.690. The molecule has 9 heteroatoms. The standard InChI is InChI=1S/C22H18FN3O5/c23-18-11-5-1-7-14(18)13-24(20(27)17-10-4-6-12-19(17)26(30)31)25-21(28)15-8-2-3-9-16(15)22(25)29/h1-7,10-12,15-16H,8-9,13H2/t15-,16+. The minimum atomic E-state index is -0.927. The zero-order valence-electron chi connectivity index (χ0n) is 16.3. The van der Waals surface area contributed by atoms with Crippen molar-refractivity contribution in [1.29, 1.82) is 0 Å². The molecule has 0 spiro atoms. The summed E-state index contributed by atoms with van der Waals surface area (Å²) in [4.78, 5) is 50.3. The second-order valence-electron chi connectivity index (χ2n) is 7.37. The first kappa shape index (κ1) is 20.4. The summed E-state index contributed by atoms with van der Waals surface area (Å²) in [7, 11) is 0. The van der Waals surface area contributed by atoms with Gasteiger partial charge in [-0.1, -0.05) is 42.5 Å². The van der Waals surface area contributed by atoms with Crippen LogP contribution in [0, 0.1) is 27.8 Å². The van der Waals surface area contributed by atoms with Gasteiger partial charge in [0.1, 0.15) is 11.4 Å². The van der Waals surface area contributed by atoms with Crippen LogP contribution < -0.4 is 0 Å². The maximum Gasteiger partial charge on any atom is 0.282 e. The van der Waals surface area contributed by atoms with E-state index in [0.717, 1.165) is 16.1 Å². The molecule has 0 N–H and O–H groups in total.